The lowest BCUT2D eigenvalue weighted by atomic mass is 10.2. The van der Waals surface area contributed by atoms with Gasteiger partial charge in [-0.05, 0) is 24.6 Å². The smallest absolute Gasteiger partial charge is 0.223 e. The molecule has 2 rings (SSSR count). The lowest BCUT2D eigenvalue weighted by Crippen LogP contribution is -2.11. The molecule has 6 nitrogen and oxygen atoms in total. The van der Waals surface area contributed by atoms with Gasteiger partial charge in [-0.15, -0.1) is 0 Å². The predicted molar refractivity (Wildman–Crippen MR) is 73.7 cm³/mol. The summed E-state index contributed by atoms with van der Waals surface area (Å²) >= 11 is 5.94. The standard InChI is InChI=1S/C11H13ClN6/c1-6-2-3-7(12)4-8(6)15-9-5-10(18-14)17-11(13)16-9/h2-5H,14H2,1H3,(H4,13,15,16,17,18). The Kier molecular flexibility index (Phi) is 3.50. The Labute approximate surface area is 109 Å². The molecule has 7 heteroatoms. The Morgan fingerprint density at radius 1 is 1.17 bits per heavy atom. The van der Waals surface area contributed by atoms with Crippen LogP contribution in [0.1, 0.15) is 5.56 Å². The molecule has 0 aliphatic rings. The van der Waals surface area contributed by atoms with E-state index in [2.05, 4.69) is 20.7 Å². The monoisotopic (exact) mass is 264 g/mol. The van der Waals surface area contributed by atoms with Crippen molar-refractivity contribution in [3.05, 3.63) is 34.9 Å². The van der Waals surface area contributed by atoms with Gasteiger partial charge >= 0.3 is 0 Å². The summed E-state index contributed by atoms with van der Waals surface area (Å²) in [6.45, 7) is 1.96. The third kappa shape index (κ3) is 2.79. The molecule has 0 fully saturated rings. The number of hydrazine groups is 1. The highest BCUT2D eigenvalue weighted by molar-refractivity contribution is 6.30. The van der Waals surface area contributed by atoms with Crippen LogP contribution in [0.15, 0.2) is 24.3 Å². The van der Waals surface area contributed by atoms with Crippen LogP contribution in [0.3, 0.4) is 0 Å². The van der Waals surface area contributed by atoms with Crippen molar-refractivity contribution in [1.82, 2.24) is 9.97 Å². The fourth-order valence-electron chi connectivity index (χ4n) is 1.47. The van der Waals surface area contributed by atoms with E-state index < -0.39 is 0 Å². The molecule has 0 spiro atoms. The predicted octanol–water partition coefficient (Wildman–Crippen LogP) is 2.05. The maximum Gasteiger partial charge on any atom is 0.223 e. The number of hydrogen-bond acceptors (Lipinski definition) is 6. The fourth-order valence-corrected chi connectivity index (χ4v) is 1.64. The van der Waals surface area contributed by atoms with Crippen molar-refractivity contribution in [1.29, 1.82) is 0 Å². The number of anilines is 4. The number of aromatic nitrogens is 2. The van der Waals surface area contributed by atoms with E-state index in [4.69, 9.17) is 23.2 Å². The van der Waals surface area contributed by atoms with Gasteiger partial charge in [-0.3, -0.25) is 0 Å². The Hall–Kier alpha value is -2.05. The molecule has 0 unspecified atom stereocenters. The lowest BCUT2D eigenvalue weighted by Gasteiger charge is -2.10. The van der Waals surface area contributed by atoms with Crippen LogP contribution in [0.5, 0.6) is 0 Å². The topological polar surface area (TPSA) is 102 Å². The third-order valence-corrected chi connectivity index (χ3v) is 2.59. The zero-order valence-corrected chi connectivity index (χ0v) is 10.5. The molecule has 1 heterocycles. The number of nitrogens with zero attached hydrogens (tertiary/aromatic N) is 2. The molecule has 0 aliphatic carbocycles. The summed E-state index contributed by atoms with van der Waals surface area (Å²) in [4.78, 5) is 7.96. The third-order valence-electron chi connectivity index (χ3n) is 2.35. The number of aryl methyl sites for hydroxylation is 1. The van der Waals surface area contributed by atoms with E-state index in [1.807, 2.05) is 25.1 Å². The quantitative estimate of drug-likeness (QED) is 0.500. The maximum absolute atomic E-state index is 5.94. The van der Waals surface area contributed by atoms with E-state index >= 15 is 0 Å². The number of halogens is 1. The SMILES string of the molecule is Cc1ccc(Cl)cc1Nc1cc(NN)nc(N)n1. The number of benzene rings is 1. The average Bonchev–Trinajstić information content (AvgIpc) is 2.33. The molecule has 18 heavy (non-hydrogen) atoms. The van der Waals surface area contributed by atoms with Gasteiger partial charge in [-0.1, -0.05) is 17.7 Å². The van der Waals surface area contributed by atoms with Gasteiger partial charge in [-0.2, -0.15) is 9.97 Å². The van der Waals surface area contributed by atoms with Gasteiger partial charge in [0.25, 0.3) is 0 Å². The fraction of sp³-hybridized carbons (Fsp3) is 0.0909. The van der Waals surface area contributed by atoms with Crippen molar-refractivity contribution in [3.8, 4) is 0 Å². The van der Waals surface area contributed by atoms with Crippen LogP contribution < -0.4 is 22.3 Å². The normalized spacial score (nSPS) is 10.2. The molecule has 0 amide bonds. The van der Waals surface area contributed by atoms with Crippen LogP contribution >= 0.6 is 11.6 Å². The highest BCUT2D eigenvalue weighted by atomic mass is 35.5. The van der Waals surface area contributed by atoms with Gasteiger partial charge < -0.3 is 16.5 Å². The summed E-state index contributed by atoms with van der Waals surface area (Å²) in [5.74, 6) is 6.40. The van der Waals surface area contributed by atoms with E-state index in [1.165, 1.54) is 0 Å². The van der Waals surface area contributed by atoms with Crippen LogP contribution in [-0.2, 0) is 0 Å². The number of rotatable bonds is 3. The van der Waals surface area contributed by atoms with Gasteiger partial charge in [0.15, 0.2) is 0 Å². The van der Waals surface area contributed by atoms with E-state index in [0.717, 1.165) is 11.3 Å². The van der Waals surface area contributed by atoms with Crippen LogP contribution in [-0.4, -0.2) is 9.97 Å². The minimum Gasteiger partial charge on any atom is -0.368 e. The Morgan fingerprint density at radius 3 is 2.61 bits per heavy atom. The Bertz CT molecular complexity index is 571. The first-order chi connectivity index (χ1) is 8.58. The van der Waals surface area contributed by atoms with Crippen molar-refractivity contribution in [2.45, 2.75) is 6.92 Å². The first-order valence-corrected chi connectivity index (χ1v) is 5.60. The Morgan fingerprint density at radius 2 is 1.89 bits per heavy atom. The zero-order chi connectivity index (χ0) is 13.1. The molecular formula is C11H13ClN6. The number of nitrogens with one attached hydrogen (secondary N) is 2. The van der Waals surface area contributed by atoms with Gasteiger partial charge in [0.05, 0.1) is 0 Å². The van der Waals surface area contributed by atoms with Gasteiger partial charge in [0.1, 0.15) is 11.6 Å². The van der Waals surface area contributed by atoms with E-state index in [0.29, 0.717) is 16.7 Å². The molecule has 0 bridgehead atoms. The molecule has 0 saturated carbocycles. The molecule has 1 aromatic heterocycles. The van der Waals surface area contributed by atoms with Gasteiger partial charge in [0, 0.05) is 16.8 Å². The van der Waals surface area contributed by atoms with Crippen LogP contribution in [0.4, 0.5) is 23.3 Å². The second-order valence-corrected chi connectivity index (χ2v) is 4.16. The van der Waals surface area contributed by atoms with Crippen LogP contribution in [0.25, 0.3) is 0 Å². The molecule has 1 aromatic carbocycles. The number of nitrogens with two attached hydrogens (primary N) is 2. The molecule has 6 N–H and O–H groups in total. The highest BCUT2D eigenvalue weighted by Gasteiger charge is 2.04. The summed E-state index contributed by atoms with van der Waals surface area (Å²) in [5.41, 5.74) is 9.89. The number of hydrogen-bond donors (Lipinski definition) is 4. The molecular weight excluding hydrogens is 252 g/mol. The van der Waals surface area contributed by atoms with Crippen molar-refractivity contribution >= 4 is 34.9 Å². The highest BCUT2D eigenvalue weighted by Crippen LogP contribution is 2.24. The first-order valence-electron chi connectivity index (χ1n) is 5.23. The van der Waals surface area contributed by atoms with E-state index in [-0.39, 0.29) is 5.95 Å². The second-order valence-electron chi connectivity index (χ2n) is 3.73. The minimum absolute atomic E-state index is 0.132. The molecule has 0 aliphatic heterocycles. The van der Waals surface area contributed by atoms with Crippen LogP contribution in [0, 0.1) is 6.92 Å². The Balaban J connectivity index is 2.33. The lowest BCUT2D eigenvalue weighted by molar-refractivity contribution is 1.15. The van der Waals surface area contributed by atoms with Crippen molar-refractivity contribution in [2.24, 2.45) is 5.84 Å². The summed E-state index contributed by atoms with van der Waals surface area (Å²) in [7, 11) is 0. The summed E-state index contributed by atoms with van der Waals surface area (Å²) < 4.78 is 0. The second kappa shape index (κ2) is 5.07. The van der Waals surface area contributed by atoms with Gasteiger partial charge in [-0.25, -0.2) is 5.84 Å². The molecule has 0 saturated heterocycles. The van der Waals surface area contributed by atoms with Crippen molar-refractivity contribution in [2.75, 3.05) is 16.5 Å². The zero-order valence-electron chi connectivity index (χ0n) is 9.74. The largest absolute Gasteiger partial charge is 0.368 e. The van der Waals surface area contributed by atoms with Crippen LogP contribution in [0.2, 0.25) is 5.02 Å². The minimum atomic E-state index is 0.132. The number of nitrogen functional groups attached to an aromatic ring is 2. The van der Waals surface area contributed by atoms with E-state index in [1.54, 1.807) is 6.07 Å². The van der Waals surface area contributed by atoms with E-state index in [9.17, 15) is 0 Å². The molecule has 0 atom stereocenters. The average molecular weight is 265 g/mol. The summed E-state index contributed by atoms with van der Waals surface area (Å²) in [6, 6.07) is 7.20. The first kappa shape index (κ1) is 12.4. The van der Waals surface area contributed by atoms with Gasteiger partial charge in [0.2, 0.25) is 5.95 Å². The van der Waals surface area contributed by atoms with Crippen molar-refractivity contribution in [3.63, 3.8) is 0 Å². The molecule has 2 aromatic rings. The summed E-state index contributed by atoms with van der Waals surface area (Å²) in [6.07, 6.45) is 0. The molecule has 94 valence electrons. The van der Waals surface area contributed by atoms with Crippen molar-refractivity contribution < 1.29 is 0 Å². The maximum atomic E-state index is 5.94. The summed E-state index contributed by atoms with van der Waals surface area (Å²) in [5, 5.41) is 3.76. The molecule has 0 radical (unpaired) electrons.